The zero-order valence-electron chi connectivity index (χ0n) is 35.5. The fourth-order valence-electron chi connectivity index (χ4n) is 13.0. The second-order valence-electron chi connectivity index (χ2n) is 19.5. The van der Waals surface area contributed by atoms with Crippen molar-refractivity contribution >= 4 is 60.2 Å². The van der Waals surface area contributed by atoms with Gasteiger partial charge in [-0.05, 0) is 135 Å². The lowest BCUT2D eigenvalue weighted by molar-refractivity contribution is 0.331. The smallest absolute Gasteiger partial charge is 0.228 e. The Balaban J connectivity index is 1.15. The lowest BCUT2D eigenvalue weighted by Crippen LogP contribution is -2.52. The molecule has 61 heavy (non-hydrogen) atoms. The molecule has 11 aromatic rings. The first kappa shape index (κ1) is 34.0. The van der Waals surface area contributed by atoms with Gasteiger partial charge in [0.1, 0.15) is 5.58 Å². The predicted molar refractivity (Wildman–Crippen MR) is 250 cm³/mol. The second kappa shape index (κ2) is 10.9. The molecule has 0 saturated heterocycles. The molecule has 0 aliphatic heterocycles. The highest BCUT2D eigenvalue weighted by molar-refractivity contribution is 6.33. The Bertz CT molecular complexity index is 3780. The molecule has 6 aromatic carbocycles. The van der Waals surface area contributed by atoms with Gasteiger partial charge >= 0.3 is 0 Å². The van der Waals surface area contributed by atoms with E-state index in [2.05, 4.69) is 174 Å². The maximum Gasteiger partial charge on any atom is 0.228 e. The van der Waals surface area contributed by atoms with Crippen LogP contribution in [0.1, 0.15) is 93.9 Å². The van der Waals surface area contributed by atoms with Crippen molar-refractivity contribution in [2.45, 2.75) is 71.1 Å². The number of aryl methyl sites for hydroxylation is 4. The van der Waals surface area contributed by atoms with Crippen molar-refractivity contribution in [3.63, 3.8) is 0 Å². The van der Waals surface area contributed by atoms with Gasteiger partial charge in [0, 0.05) is 44.2 Å². The Labute approximate surface area is 353 Å². The van der Waals surface area contributed by atoms with E-state index in [1.54, 1.807) is 0 Å². The summed E-state index contributed by atoms with van der Waals surface area (Å²) in [4.78, 5) is 10.8. The highest BCUT2D eigenvalue weighted by Gasteiger charge is 2.70. The van der Waals surface area contributed by atoms with Crippen molar-refractivity contribution < 1.29 is 4.42 Å². The molecule has 0 amide bonds. The number of hydrogen-bond donors (Lipinski definition) is 0. The van der Waals surface area contributed by atoms with Crippen LogP contribution in [-0.4, -0.2) is 14.4 Å². The average Bonchev–Trinajstić information content (AvgIpc) is 3.93. The predicted octanol–water partition coefficient (Wildman–Crippen LogP) is 14.3. The van der Waals surface area contributed by atoms with Crippen LogP contribution in [0.5, 0.6) is 0 Å². The Hall–Kier alpha value is -6.78. The van der Waals surface area contributed by atoms with Crippen LogP contribution in [0.3, 0.4) is 0 Å². The van der Waals surface area contributed by atoms with Gasteiger partial charge in [-0.2, -0.15) is 0 Å². The molecule has 5 heterocycles. The summed E-state index contributed by atoms with van der Waals surface area (Å²) in [6, 6.07) is 41.2. The fourth-order valence-corrected chi connectivity index (χ4v) is 13.0. The Kier molecular flexibility index (Phi) is 6.09. The van der Waals surface area contributed by atoms with E-state index < -0.39 is 0 Å². The van der Waals surface area contributed by atoms with Gasteiger partial charge in [0.2, 0.25) is 5.71 Å². The van der Waals surface area contributed by atoms with Crippen molar-refractivity contribution in [2.24, 2.45) is 0 Å². The molecule has 292 valence electrons. The minimum absolute atomic E-state index is 0.0546. The van der Waals surface area contributed by atoms with Crippen LogP contribution < -0.4 is 0 Å². The third-order valence-electron chi connectivity index (χ3n) is 15.4. The summed E-state index contributed by atoms with van der Waals surface area (Å²) >= 11 is 0. The Morgan fingerprint density at radius 2 is 1.18 bits per heavy atom. The summed E-state index contributed by atoms with van der Waals surface area (Å²) in [6.45, 7) is 15.9. The van der Waals surface area contributed by atoms with Gasteiger partial charge in [-0.1, -0.05) is 106 Å². The molecule has 3 aliphatic carbocycles. The van der Waals surface area contributed by atoms with Crippen LogP contribution in [0.15, 0.2) is 126 Å². The van der Waals surface area contributed by atoms with Crippen LogP contribution in [0.2, 0.25) is 0 Å². The maximum absolute atomic E-state index is 6.97. The van der Waals surface area contributed by atoms with Crippen LogP contribution in [0.4, 0.5) is 0 Å². The Morgan fingerprint density at radius 3 is 1.85 bits per heavy atom. The van der Waals surface area contributed by atoms with Gasteiger partial charge < -0.3 is 8.82 Å². The van der Waals surface area contributed by atoms with Crippen molar-refractivity contribution in [2.75, 3.05) is 0 Å². The van der Waals surface area contributed by atoms with Crippen LogP contribution in [0.25, 0.3) is 82.4 Å². The molecule has 4 heteroatoms. The summed E-state index contributed by atoms with van der Waals surface area (Å²) in [7, 11) is 0. The molecule has 0 bridgehead atoms. The molecule has 3 unspecified atom stereocenters. The standard InChI is InChI=1S/C57H43N3O/c1-28-14-12-15-29(2)44(28)32-22-36(45-30(3)16-13-17-31(45)4)48-43(23-32)61-55-49(48)46-37-24-33(56(5,6)7)25-38-47-41(60(54(37)38)42(46)27-59-55)26-58-53-50(47)51-34-18-8-10-20-39(34)57(51)40-21-11-9-19-35(40)52(53)57/h8-27,51-52H,1-7H3. The molecule has 3 aliphatic rings. The number of pyridine rings is 2. The van der Waals surface area contributed by atoms with Gasteiger partial charge in [0.05, 0.1) is 40.0 Å². The summed E-state index contributed by atoms with van der Waals surface area (Å²) in [5.74, 6) is 0.524. The lowest BCUT2D eigenvalue weighted by atomic mass is 9.43. The molecular formula is C57H43N3O. The van der Waals surface area contributed by atoms with E-state index in [4.69, 9.17) is 14.4 Å². The molecule has 14 rings (SSSR count). The monoisotopic (exact) mass is 785 g/mol. The molecular weight excluding hydrogens is 743 g/mol. The maximum atomic E-state index is 6.97. The van der Waals surface area contributed by atoms with Crippen molar-refractivity contribution in [1.29, 1.82) is 0 Å². The molecule has 1 spiro atoms. The zero-order chi connectivity index (χ0) is 41.0. The topological polar surface area (TPSA) is 43.3 Å². The van der Waals surface area contributed by atoms with Gasteiger partial charge in [-0.15, -0.1) is 0 Å². The van der Waals surface area contributed by atoms with E-state index in [9.17, 15) is 0 Å². The molecule has 0 fully saturated rings. The van der Waals surface area contributed by atoms with E-state index in [1.165, 1.54) is 105 Å². The lowest BCUT2D eigenvalue weighted by Gasteiger charge is -2.58. The molecule has 0 N–H and O–H groups in total. The highest BCUT2D eigenvalue weighted by atomic mass is 16.3. The second-order valence-corrected chi connectivity index (χ2v) is 19.5. The van der Waals surface area contributed by atoms with Crippen LogP contribution in [-0.2, 0) is 10.8 Å². The van der Waals surface area contributed by atoms with E-state index in [0.717, 1.165) is 33.0 Å². The van der Waals surface area contributed by atoms with Crippen molar-refractivity contribution in [3.8, 4) is 22.3 Å². The third kappa shape index (κ3) is 3.82. The quantitative estimate of drug-likeness (QED) is 0.175. The number of furan rings is 1. The molecule has 0 radical (unpaired) electrons. The molecule has 4 nitrogen and oxygen atoms in total. The highest BCUT2D eigenvalue weighted by Crippen LogP contribution is 2.77. The first-order chi connectivity index (χ1) is 29.6. The minimum atomic E-state index is -0.0913. The van der Waals surface area contributed by atoms with E-state index in [0.29, 0.717) is 5.71 Å². The summed E-state index contributed by atoms with van der Waals surface area (Å²) in [5.41, 5.74) is 24.6. The Morgan fingerprint density at radius 1 is 0.590 bits per heavy atom. The largest absolute Gasteiger partial charge is 0.438 e. The van der Waals surface area contributed by atoms with E-state index in [-0.39, 0.29) is 22.7 Å². The van der Waals surface area contributed by atoms with Crippen LogP contribution in [0, 0.1) is 27.7 Å². The third-order valence-corrected chi connectivity index (χ3v) is 15.4. The number of fused-ring (bicyclic) bond motifs is 18. The van der Waals surface area contributed by atoms with Gasteiger partial charge in [-0.3, -0.25) is 4.98 Å². The summed E-state index contributed by atoms with van der Waals surface area (Å²) in [5, 5.41) is 7.31. The number of aromatic nitrogens is 3. The SMILES string of the molecule is Cc1cccc(C)c1-c1cc(-c2c(C)cccc2C)c2c(c1)oc1ncc3c(c4cc(C(C)(C)C)cc5c6c7c(ncc6n3c54)C3c4ccccc4C34c3ccccc3C74)c12. The van der Waals surface area contributed by atoms with E-state index >= 15 is 0 Å². The molecule has 0 saturated carbocycles. The van der Waals surface area contributed by atoms with Crippen LogP contribution >= 0.6 is 0 Å². The van der Waals surface area contributed by atoms with Gasteiger partial charge in [0.15, 0.2) is 0 Å². The first-order valence-electron chi connectivity index (χ1n) is 21.8. The number of nitrogens with zero attached hydrogens (tertiary/aromatic N) is 3. The van der Waals surface area contributed by atoms with E-state index in [1.807, 2.05) is 0 Å². The van der Waals surface area contributed by atoms with Crippen molar-refractivity contribution in [1.82, 2.24) is 14.4 Å². The zero-order valence-corrected chi connectivity index (χ0v) is 35.5. The summed E-state index contributed by atoms with van der Waals surface area (Å²) in [6.07, 6.45) is 4.25. The van der Waals surface area contributed by atoms with Gasteiger partial charge in [0.25, 0.3) is 0 Å². The summed E-state index contributed by atoms with van der Waals surface area (Å²) < 4.78 is 9.47. The van der Waals surface area contributed by atoms with Crippen molar-refractivity contribution in [3.05, 3.63) is 183 Å². The number of benzene rings is 6. The first-order valence-corrected chi connectivity index (χ1v) is 21.8. The number of hydrogen-bond acceptors (Lipinski definition) is 3. The fraction of sp³-hybridized carbons (Fsp3) is 0.193. The average molecular weight is 786 g/mol. The number of rotatable bonds is 2. The van der Waals surface area contributed by atoms with Gasteiger partial charge in [-0.25, -0.2) is 4.98 Å². The minimum Gasteiger partial charge on any atom is -0.438 e. The molecule has 5 aromatic heterocycles. The molecule has 3 atom stereocenters. The normalized spacial score (nSPS) is 18.8.